The predicted octanol–water partition coefficient (Wildman–Crippen LogP) is 2.10. The topological polar surface area (TPSA) is 78.7 Å². The Kier molecular flexibility index (Phi) is 4.65. The van der Waals surface area contributed by atoms with E-state index in [0.717, 1.165) is 5.56 Å². The fourth-order valence-corrected chi connectivity index (χ4v) is 1.43. The molecule has 0 aliphatic carbocycles. The Morgan fingerprint density at radius 3 is 2.67 bits per heavy atom. The molecular formula is C12H15NO5. The molecule has 0 spiro atoms. The fraction of sp³-hybridized carbons (Fsp3) is 0.417. The summed E-state index contributed by atoms with van der Waals surface area (Å²) < 4.78 is 9.74. The molecule has 6 nitrogen and oxygen atoms in total. The lowest BCUT2D eigenvalue weighted by molar-refractivity contribution is -0.386. The third-order valence-electron chi connectivity index (χ3n) is 2.47. The first-order valence-corrected chi connectivity index (χ1v) is 5.51. The molecule has 1 rings (SSSR count). The van der Waals surface area contributed by atoms with Gasteiger partial charge in [0.2, 0.25) is 0 Å². The quantitative estimate of drug-likeness (QED) is 0.456. The van der Waals surface area contributed by atoms with Crippen LogP contribution in [0, 0.1) is 10.1 Å². The van der Waals surface area contributed by atoms with E-state index in [0.29, 0.717) is 6.42 Å². The maximum Gasteiger partial charge on any atom is 0.346 e. The molecule has 0 amide bonds. The van der Waals surface area contributed by atoms with E-state index in [-0.39, 0.29) is 11.4 Å². The summed E-state index contributed by atoms with van der Waals surface area (Å²) in [6.45, 7) is 3.37. The molecule has 0 unspecified atom stereocenters. The van der Waals surface area contributed by atoms with E-state index in [1.165, 1.54) is 26.2 Å². The van der Waals surface area contributed by atoms with E-state index in [1.54, 1.807) is 6.07 Å². The van der Waals surface area contributed by atoms with Gasteiger partial charge in [-0.2, -0.15) is 0 Å². The average molecular weight is 253 g/mol. The second-order valence-electron chi connectivity index (χ2n) is 3.70. The van der Waals surface area contributed by atoms with Crippen LogP contribution in [-0.4, -0.2) is 24.1 Å². The number of carbonyl (C=O) groups is 1. The average Bonchev–Trinajstić information content (AvgIpc) is 2.37. The van der Waals surface area contributed by atoms with E-state index in [4.69, 9.17) is 4.74 Å². The minimum absolute atomic E-state index is 0.0649. The van der Waals surface area contributed by atoms with Gasteiger partial charge in [-0.1, -0.05) is 13.0 Å². The number of esters is 1. The molecule has 0 aromatic heterocycles. The van der Waals surface area contributed by atoms with Crippen molar-refractivity contribution in [1.29, 1.82) is 0 Å². The molecule has 0 N–H and O–H groups in total. The van der Waals surface area contributed by atoms with Gasteiger partial charge in [0.25, 0.3) is 0 Å². The summed E-state index contributed by atoms with van der Waals surface area (Å²) in [5.74, 6) is -0.515. The molecule has 98 valence electrons. The van der Waals surface area contributed by atoms with Crippen molar-refractivity contribution < 1.29 is 19.2 Å². The van der Waals surface area contributed by atoms with Gasteiger partial charge in [-0.3, -0.25) is 10.1 Å². The van der Waals surface area contributed by atoms with Gasteiger partial charge < -0.3 is 9.47 Å². The highest BCUT2D eigenvalue weighted by Crippen LogP contribution is 2.29. The van der Waals surface area contributed by atoms with Crippen molar-refractivity contribution in [2.24, 2.45) is 0 Å². The lowest BCUT2D eigenvalue weighted by Gasteiger charge is -2.12. The maximum atomic E-state index is 11.2. The van der Waals surface area contributed by atoms with Crippen LogP contribution in [0.5, 0.6) is 5.75 Å². The Bertz CT molecular complexity index is 458. The van der Waals surface area contributed by atoms with Crippen molar-refractivity contribution in [2.45, 2.75) is 26.4 Å². The zero-order valence-electron chi connectivity index (χ0n) is 10.5. The van der Waals surface area contributed by atoms with Crippen molar-refractivity contribution >= 4 is 11.7 Å². The molecule has 18 heavy (non-hydrogen) atoms. The van der Waals surface area contributed by atoms with Crippen molar-refractivity contribution in [2.75, 3.05) is 7.11 Å². The summed E-state index contributed by atoms with van der Waals surface area (Å²) in [5.41, 5.74) is 0.685. The largest absolute Gasteiger partial charge is 0.472 e. The molecular weight excluding hydrogens is 238 g/mol. The summed E-state index contributed by atoms with van der Waals surface area (Å²) in [4.78, 5) is 21.6. The summed E-state index contributed by atoms with van der Waals surface area (Å²) in [5, 5.41) is 10.9. The first-order valence-electron chi connectivity index (χ1n) is 5.51. The lowest BCUT2D eigenvalue weighted by Crippen LogP contribution is -2.25. The van der Waals surface area contributed by atoms with Gasteiger partial charge in [0.05, 0.1) is 12.0 Å². The maximum absolute atomic E-state index is 11.2. The van der Waals surface area contributed by atoms with Gasteiger partial charge in [0.15, 0.2) is 11.9 Å². The third-order valence-corrected chi connectivity index (χ3v) is 2.47. The second-order valence-corrected chi connectivity index (χ2v) is 3.70. The number of aryl methyl sites for hydroxylation is 1. The van der Waals surface area contributed by atoms with Gasteiger partial charge in [0.1, 0.15) is 0 Å². The van der Waals surface area contributed by atoms with Crippen molar-refractivity contribution in [3.05, 3.63) is 33.9 Å². The molecule has 0 heterocycles. The minimum Gasteiger partial charge on any atom is -0.472 e. The molecule has 0 saturated heterocycles. The zero-order chi connectivity index (χ0) is 13.7. The fourth-order valence-electron chi connectivity index (χ4n) is 1.43. The number of nitro groups is 1. The first kappa shape index (κ1) is 14.0. The van der Waals surface area contributed by atoms with Crippen LogP contribution in [-0.2, 0) is 16.0 Å². The number of benzene rings is 1. The molecule has 1 aromatic carbocycles. The van der Waals surface area contributed by atoms with Gasteiger partial charge in [-0.25, -0.2) is 4.79 Å². The van der Waals surface area contributed by atoms with Crippen LogP contribution in [0.1, 0.15) is 19.4 Å². The molecule has 1 aromatic rings. The molecule has 0 saturated carbocycles. The number of ether oxygens (including phenoxy) is 2. The summed E-state index contributed by atoms with van der Waals surface area (Å²) >= 11 is 0. The van der Waals surface area contributed by atoms with Gasteiger partial charge >= 0.3 is 11.7 Å². The van der Waals surface area contributed by atoms with Gasteiger partial charge in [-0.05, 0) is 25.0 Å². The van der Waals surface area contributed by atoms with Crippen molar-refractivity contribution in [3.8, 4) is 5.75 Å². The Labute approximate surface area is 105 Å². The normalized spacial score (nSPS) is 11.7. The molecule has 0 fully saturated rings. The van der Waals surface area contributed by atoms with Crippen LogP contribution >= 0.6 is 0 Å². The highest BCUT2D eigenvalue weighted by Gasteiger charge is 2.21. The standard InChI is InChI=1S/C12H15NO5/c1-4-9-5-6-11(10(7-9)13(15)16)18-8(2)12(14)17-3/h5-8H,4H2,1-3H3/t8-/m1/s1. The Hall–Kier alpha value is -2.11. The van der Waals surface area contributed by atoms with Crippen LogP contribution < -0.4 is 4.74 Å². The highest BCUT2D eigenvalue weighted by molar-refractivity contribution is 5.74. The Morgan fingerprint density at radius 1 is 1.50 bits per heavy atom. The minimum atomic E-state index is -0.888. The van der Waals surface area contributed by atoms with Crippen LogP contribution in [0.4, 0.5) is 5.69 Å². The van der Waals surface area contributed by atoms with E-state index in [1.807, 2.05) is 6.92 Å². The van der Waals surface area contributed by atoms with Gasteiger partial charge in [0, 0.05) is 6.07 Å². The summed E-state index contributed by atoms with van der Waals surface area (Å²) in [6, 6.07) is 4.67. The predicted molar refractivity (Wildman–Crippen MR) is 64.6 cm³/mol. The smallest absolute Gasteiger partial charge is 0.346 e. The zero-order valence-corrected chi connectivity index (χ0v) is 10.5. The van der Waals surface area contributed by atoms with E-state index in [9.17, 15) is 14.9 Å². The second kappa shape index (κ2) is 6.00. The van der Waals surface area contributed by atoms with E-state index in [2.05, 4.69) is 4.74 Å². The van der Waals surface area contributed by atoms with Crippen molar-refractivity contribution in [3.63, 3.8) is 0 Å². The van der Waals surface area contributed by atoms with Gasteiger partial charge in [-0.15, -0.1) is 0 Å². The lowest BCUT2D eigenvalue weighted by atomic mass is 10.1. The number of hydrogen-bond acceptors (Lipinski definition) is 5. The SMILES string of the molecule is CCc1ccc(O[C@H](C)C(=O)OC)c([N+](=O)[O-])c1. The molecule has 0 aliphatic heterocycles. The van der Waals surface area contributed by atoms with Crippen LogP contribution in [0.15, 0.2) is 18.2 Å². The Balaban J connectivity index is 3.01. The number of carbonyl (C=O) groups excluding carboxylic acids is 1. The number of nitrogens with zero attached hydrogens (tertiary/aromatic N) is 1. The molecule has 0 radical (unpaired) electrons. The van der Waals surface area contributed by atoms with Crippen LogP contribution in [0.3, 0.4) is 0 Å². The third kappa shape index (κ3) is 3.19. The van der Waals surface area contributed by atoms with Crippen molar-refractivity contribution in [1.82, 2.24) is 0 Å². The number of nitro benzene ring substituents is 1. The number of hydrogen-bond donors (Lipinski definition) is 0. The number of rotatable bonds is 5. The van der Waals surface area contributed by atoms with E-state index < -0.39 is 17.0 Å². The molecule has 0 aliphatic rings. The molecule has 0 bridgehead atoms. The Morgan fingerprint density at radius 2 is 2.17 bits per heavy atom. The highest BCUT2D eigenvalue weighted by atomic mass is 16.6. The number of methoxy groups -OCH3 is 1. The van der Waals surface area contributed by atoms with E-state index >= 15 is 0 Å². The monoisotopic (exact) mass is 253 g/mol. The molecule has 1 atom stereocenters. The molecule has 6 heteroatoms. The summed E-state index contributed by atoms with van der Waals surface area (Å²) in [7, 11) is 1.23. The first-order chi connectivity index (χ1) is 8.49. The van der Waals surface area contributed by atoms with Crippen LogP contribution in [0.25, 0.3) is 0 Å². The summed E-state index contributed by atoms with van der Waals surface area (Å²) in [6.07, 6.45) is -0.200. The van der Waals surface area contributed by atoms with Crippen LogP contribution in [0.2, 0.25) is 0 Å².